The SMILES string of the molecule is COCCCCCCCCOc1ccc(-c2ccc(Br)cc2)cc1. The van der Waals surface area contributed by atoms with Gasteiger partial charge >= 0.3 is 0 Å². The van der Waals surface area contributed by atoms with Crippen LogP contribution in [0.4, 0.5) is 0 Å². The second kappa shape index (κ2) is 11.3. The van der Waals surface area contributed by atoms with E-state index in [0.717, 1.165) is 29.9 Å². The number of benzene rings is 2. The van der Waals surface area contributed by atoms with Crippen molar-refractivity contribution in [1.29, 1.82) is 0 Å². The Hall–Kier alpha value is -1.32. The van der Waals surface area contributed by atoms with Gasteiger partial charge in [-0.05, 0) is 48.2 Å². The highest BCUT2D eigenvalue weighted by Crippen LogP contribution is 2.24. The van der Waals surface area contributed by atoms with E-state index in [1.54, 1.807) is 7.11 Å². The lowest BCUT2D eigenvalue weighted by Gasteiger charge is -2.08. The Morgan fingerprint density at radius 3 is 1.75 bits per heavy atom. The molecule has 2 aromatic carbocycles. The monoisotopic (exact) mass is 390 g/mol. The van der Waals surface area contributed by atoms with Crippen molar-refractivity contribution in [1.82, 2.24) is 0 Å². The lowest BCUT2D eigenvalue weighted by molar-refractivity contribution is 0.191. The summed E-state index contributed by atoms with van der Waals surface area (Å²) in [7, 11) is 1.77. The van der Waals surface area contributed by atoms with Gasteiger partial charge in [0.25, 0.3) is 0 Å². The summed E-state index contributed by atoms with van der Waals surface area (Å²) in [4.78, 5) is 0. The summed E-state index contributed by atoms with van der Waals surface area (Å²) in [5, 5.41) is 0. The first-order chi connectivity index (χ1) is 11.8. The Kier molecular flexibility index (Phi) is 8.93. The Morgan fingerprint density at radius 1 is 0.667 bits per heavy atom. The van der Waals surface area contributed by atoms with Crippen LogP contribution in [0.2, 0.25) is 0 Å². The fraction of sp³-hybridized carbons (Fsp3) is 0.429. The minimum absolute atomic E-state index is 0.801. The molecule has 0 fully saturated rings. The molecule has 0 aromatic heterocycles. The van der Waals surface area contributed by atoms with Gasteiger partial charge in [0.1, 0.15) is 5.75 Å². The van der Waals surface area contributed by atoms with Crippen LogP contribution < -0.4 is 4.74 Å². The molecule has 0 heterocycles. The Morgan fingerprint density at radius 2 is 1.17 bits per heavy atom. The maximum absolute atomic E-state index is 5.83. The molecule has 2 nitrogen and oxygen atoms in total. The van der Waals surface area contributed by atoms with Crippen LogP contribution in [0.25, 0.3) is 11.1 Å². The molecule has 0 saturated heterocycles. The molecule has 24 heavy (non-hydrogen) atoms. The average Bonchev–Trinajstić information content (AvgIpc) is 2.62. The summed E-state index contributed by atoms with van der Waals surface area (Å²) in [6.45, 7) is 1.69. The lowest BCUT2D eigenvalue weighted by atomic mass is 10.1. The Balaban J connectivity index is 1.63. The third-order valence-electron chi connectivity index (χ3n) is 4.04. The maximum atomic E-state index is 5.83. The van der Waals surface area contributed by atoms with Gasteiger partial charge in [-0.2, -0.15) is 0 Å². The highest BCUT2D eigenvalue weighted by Gasteiger charge is 1.99. The van der Waals surface area contributed by atoms with E-state index in [1.807, 2.05) is 0 Å². The van der Waals surface area contributed by atoms with Gasteiger partial charge in [0.2, 0.25) is 0 Å². The van der Waals surface area contributed by atoms with Gasteiger partial charge in [0, 0.05) is 18.2 Å². The van der Waals surface area contributed by atoms with Gasteiger partial charge < -0.3 is 9.47 Å². The van der Waals surface area contributed by atoms with Gasteiger partial charge in [-0.15, -0.1) is 0 Å². The summed E-state index contributed by atoms with van der Waals surface area (Å²) >= 11 is 3.47. The summed E-state index contributed by atoms with van der Waals surface area (Å²) in [6.07, 6.45) is 7.40. The Labute approximate surface area is 154 Å². The summed E-state index contributed by atoms with van der Waals surface area (Å²) in [5.74, 6) is 0.955. The van der Waals surface area contributed by atoms with Crippen LogP contribution in [0.5, 0.6) is 5.75 Å². The quantitative estimate of drug-likeness (QED) is 0.408. The molecule has 0 unspecified atom stereocenters. The predicted molar refractivity (Wildman–Crippen MR) is 105 cm³/mol. The first kappa shape index (κ1) is 19.0. The molecule has 0 aliphatic carbocycles. The van der Waals surface area contributed by atoms with Crippen molar-refractivity contribution in [3.05, 3.63) is 53.0 Å². The van der Waals surface area contributed by atoms with Gasteiger partial charge in [0.15, 0.2) is 0 Å². The van der Waals surface area contributed by atoms with Crippen LogP contribution in [0.15, 0.2) is 53.0 Å². The number of methoxy groups -OCH3 is 1. The molecule has 0 radical (unpaired) electrons. The molecule has 0 aliphatic rings. The maximum Gasteiger partial charge on any atom is 0.119 e. The average molecular weight is 391 g/mol. The molecule has 130 valence electrons. The molecule has 0 bridgehead atoms. The van der Waals surface area contributed by atoms with Gasteiger partial charge in [0.05, 0.1) is 6.61 Å². The zero-order valence-electron chi connectivity index (χ0n) is 14.5. The number of ether oxygens (including phenoxy) is 2. The number of hydrogen-bond donors (Lipinski definition) is 0. The minimum atomic E-state index is 0.801. The van der Waals surface area contributed by atoms with Crippen molar-refractivity contribution >= 4 is 15.9 Å². The summed E-state index contributed by atoms with van der Waals surface area (Å²) in [5.41, 5.74) is 2.43. The van der Waals surface area contributed by atoms with Crippen LogP contribution in [-0.2, 0) is 4.74 Å². The van der Waals surface area contributed by atoms with Gasteiger partial charge in [-0.1, -0.05) is 65.9 Å². The number of rotatable bonds is 11. The minimum Gasteiger partial charge on any atom is -0.494 e. The van der Waals surface area contributed by atoms with Gasteiger partial charge in [-0.25, -0.2) is 0 Å². The molecule has 0 N–H and O–H groups in total. The van der Waals surface area contributed by atoms with Crippen molar-refractivity contribution < 1.29 is 9.47 Å². The molecule has 0 saturated carbocycles. The van der Waals surface area contributed by atoms with Crippen LogP contribution in [-0.4, -0.2) is 20.3 Å². The van der Waals surface area contributed by atoms with Crippen LogP contribution in [0.3, 0.4) is 0 Å². The topological polar surface area (TPSA) is 18.5 Å². The van der Waals surface area contributed by atoms with Crippen LogP contribution >= 0.6 is 15.9 Å². The van der Waals surface area contributed by atoms with E-state index < -0.39 is 0 Å². The molecule has 0 spiro atoms. The highest BCUT2D eigenvalue weighted by molar-refractivity contribution is 9.10. The molecule has 0 aliphatic heterocycles. The van der Waals surface area contributed by atoms with E-state index in [2.05, 4.69) is 64.5 Å². The largest absolute Gasteiger partial charge is 0.494 e. The third-order valence-corrected chi connectivity index (χ3v) is 4.57. The zero-order valence-corrected chi connectivity index (χ0v) is 16.1. The smallest absolute Gasteiger partial charge is 0.119 e. The first-order valence-corrected chi connectivity index (χ1v) is 9.56. The zero-order chi connectivity index (χ0) is 17.0. The second-order valence-corrected chi connectivity index (χ2v) is 6.91. The molecule has 0 atom stereocenters. The molecular formula is C21H27BrO2. The fourth-order valence-electron chi connectivity index (χ4n) is 2.63. The number of halogens is 1. The predicted octanol–water partition coefficient (Wildman–Crippen LogP) is 6.48. The second-order valence-electron chi connectivity index (χ2n) is 5.99. The van der Waals surface area contributed by atoms with E-state index in [4.69, 9.17) is 9.47 Å². The molecule has 2 rings (SSSR count). The third kappa shape index (κ3) is 7.06. The molecular weight excluding hydrogens is 364 g/mol. The summed E-state index contributed by atoms with van der Waals surface area (Å²) < 4.78 is 12.0. The van der Waals surface area contributed by atoms with Crippen molar-refractivity contribution in [2.75, 3.05) is 20.3 Å². The van der Waals surface area contributed by atoms with E-state index in [-0.39, 0.29) is 0 Å². The normalized spacial score (nSPS) is 10.8. The van der Waals surface area contributed by atoms with E-state index in [0.29, 0.717) is 0 Å². The summed E-state index contributed by atoms with van der Waals surface area (Å²) in [6, 6.07) is 16.7. The van der Waals surface area contributed by atoms with Crippen molar-refractivity contribution in [3.63, 3.8) is 0 Å². The van der Waals surface area contributed by atoms with Gasteiger partial charge in [-0.3, -0.25) is 0 Å². The molecule has 2 aromatic rings. The highest BCUT2D eigenvalue weighted by atomic mass is 79.9. The van der Waals surface area contributed by atoms with Crippen LogP contribution in [0, 0.1) is 0 Å². The van der Waals surface area contributed by atoms with Crippen LogP contribution in [0.1, 0.15) is 38.5 Å². The number of hydrogen-bond acceptors (Lipinski definition) is 2. The standard InChI is InChI=1S/C21H27BrO2/c1-23-16-6-4-2-3-5-7-17-24-21-14-10-19(11-15-21)18-8-12-20(22)13-9-18/h8-15H,2-7,16-17H2,1H3. The first-order valence-electron chi connectivity index (χ1n) is 8.77. The number of unbranched alkanes of at least 4 members (excludes halogenated alkanes) is 5. The van der Waals surface area contributed by atoms with E-state index in [1.165, 1.54) is 43.2 Å². The lowest BCUT2D eigenvalue weighted by Crippen LogP contribution is -1.97. The molecule has 0 amide bonds. The fourth-order valence-corrected chi connectivity index (χ4v) is 2.90. The van der Waals surface area contributed by atoms with E-state index >= 15 is 0 Å². The van der Waals surface area contributed by atoms with E-state index in [9.17, 15) is 0 Å². The molecule has 3 heteroatoms. The van der Waals surface area contributed by atoms with Crippen molar-refractivity contribution in [3.8, 4) is 16.9 Å². The Bertz CT molecular complexity index is 563. The van der Waals surface area contributed by atoms with Crippen molar-refractivity contribution in [2.24, 2.45) is 0 Å². The van der Waals surface area contributed by atoms with Crippen molar-refractivity contribution in [2.45, 2.75) is 38.5 Å².